The molecular formula is C26H31N7O2. The maximum atomic E-state index is 13.1. The fourth-order valence-corrected chi connectivity index (χ4v) is 4.47. The summed E-state index contributed by atoms with van der Waals surface area (Å²) >= 11 is 0. The number of fused-ring (bicyclic) bond motifs is 2. The summed E-state index contributed by atoms with van der Waals surface area (Å²) in [5.41, 5.74) is 2.78. The number of rotatable bonds is 8. The van der Waals surface area contributed by atoms with Crippen LogP contribution in [-0.4, -0.2) is 51.3 Å². The monoisotopic (exact) mass is 473 g/mol. The molecule has 4 N–H and O–H groups in total. The Kier molecular flexibility index (Phi) is 6.76. The molecule has 0 atom stereocenters. The molecule has 0 aliphatic carbocycles. The number of H-pyrrole nitrogens is 1. The van der Waals surface area contributed by atoms with Crippen molar-refractivity contribution in [1.29, 1.82) is 0 Å². The van der Waals surface area contributed by atoms with Gasteiger partial charge in [-0.25, -0.2) is 9.97 Å². The van der Waals surface area contributed by atoms with Crippen LogP contribution in [0.15, 0.2) is 42.7 Å². The quantitative estimate of drug-likeness (QED) is 0.301. The number of aromatic nitrogens is 4. The first-order chi connectivity index (χ1) is 17.1. The number of aromatic amines is 1. The lowest BCUT2D eigenvalue weighted by Gasteiger charge is -2.24. The van der Waals surface area contributed by atoms with Gasteiger partial charge in [0.25, 0.3) is 5.91 Å². The second-order valence-electron chi connectivity index (χ2n) is 8.92. The van der Waals surface area contributed by atoms with E-state index in [4.69, 9.17) is 9.72 Å². The van der Waals surface area contributed by atoms with Crippen molar-refractivity contribution >= 4 is 39.3 Å². The van der Waals surface area contributed by atoms with E-state index in [0.29, 0.717) is 17.2 Å². The maximum Gasteiger partial charge on any atom is 0.252 e. The Morgan fingerprint density at radius 3 is 2.80 bits per heavy atom. The highest BCUT2D eigenvalue weighted by atomic mass is 16.5. The Morgan fingerprint density at radius 2 is 2.00 bits per heavy atom. The average Bonchev–Trinajstić information content (AvgIpc) is 3.36. The fraction of sp³-hybridized carbons (Fsp3) is 0.385. The summed E-state index contributed by atoms with van der Waals surface area (Å²) < 4.78 is 6.31. The molecule has 1 aliphatic rings. The third-order valence-electron chi connectivity index (χ3n) is 6.53. The van der Waals surface area contributed by atoms with E-state index >= 15 is 0 Å². The van der Waals surface area contributed by atoms with Crippen molar-refractivity contribution in [3.05, 3.63) is 48.3 Å². The molecule has 0 bridgehead atoms. The average molecular weight is 474 g/mol. The number of piperidine rings is 1. The molecule has 0 unspecified atom stereocenters. The van der Waals surface area contributed by atoms with Crippen molar-refractivity contribution in [3.63, 3.8) is 0 Å². The molecule has 9 nitrogen and oxygen atoms in total. The number of carbonyl (C=O) groups is 1. The molecule has 0 saturated carbocycles. The Labute approximate surface area is 204 Å². The highest BCUT2D eigenvalue weighted by Gasteiger charge is 2.18. The van der Waals surface area contributed by atoms with Crippen molar-refractivity contribution in [2.24, 2.45) is 0 Å². The molecule has 0 radical (unpaired) electrons. The van der Waals surface area contributed by atoms with Crippen molar-refractivity contribution < 1.29 is 9.53 Å². The Bertz CT molecular complexity index is 1330. The van der Waals surface area contributed by atoms with Gasteiger partial charge < -0.3 is 20.7 Å². The number of anilines is 2. The summed E-state index contributed by atoms with van der Waals surface area (Å²) in [7, 11) is 0. The van der Waals surface area contributed by atoms with E-state index in [0.717, 1.165) is 66.3 Å². The van der Waals surface area contributed by atoms with Crippen LogP contribution in [0.4, 0.5) is 11.6 Å². The normalized spacial score (nSPS) is 14.5. The van der Waals surface area contributed by atoms with Crippen LogP contribution >= 0.6 is 0 Å². The molecule has 35 heavy (non-hydrogen) atoms. The van der Waals surface area contributed by atoms with Crippen LogP contribution < -0.4 is 20.7 Å². The van der Waals surface area contributed by atoms with Crippen LogP contribution in [0.3, 0.4) is 0 Å². The van der Waals surface area contributed by atoms with Gasteiger partial charge in [-0.05, 0) is 57.0 Å². The van der Waals surface area contributed by atoms with Crippen molar-refractivity contribution in [3.8, 4) is 5.75 Å². The van der Waals surface area contributed by atoms with Crippen LogP contribution in [-0.2, 0) is 0 Å². The highest BCUT2D eigenvalue weighted by Crippen LogP contribution is 2.29. The second-order valence-corrected chi connectivity index (χ2v) is 8.92. The topological polar surface area (TPSA) is 117 Å². The summed E-state index contributed by atoms with van der Waals surface area (Å²) in [5, 5.41) is 18.5. The smallest absolute Gasteiger partial charge is 0.252 e. The van der Waals surface area contributed by atoms with E-state index in [2.05, 4.69) is 45.0 Å². The first kappa shape index (κ1) is 23.0. The minimum Gasteiger partial charge on any atom is -0.488 e. The minimum absolute atomic E-state index is 0.120. The lowest BCUT2D eigenvalue weighted by Crippen LogP contribution is -2.34. The number of ether oxygens (including phenoxy) is 1. The van der Waals surface area contributed by atoms with E-state index in [9.17, 15) is 4.79 Å². The Morgan fingerprint density at radius 1 is 1.17 bits per heavy atom. The number of benzene rings is 2. The van der Waals surface area contributed by atoms with Gasteiger partial charge in [0.05, 0.1) is 17.3 Å². The van der Waals surface area contributed by atoms with Crippen molar-refractivity contribution in [2.75, 3.05) is 18.4 Å². The lowest BCUT2D eigenvalue weighted by molar-refractivity contribution is 0.0936. The molecule has 1 aliphatic heterocycles. The van der Waals surface area contributed by atoms with Crippen molar-refractivity contribution in [2.45, 2.75) is 51.7 Å². The number of hydrogen-bond donors (Lipinski definition) is 4. The van der Waals surface area contributed by atoms with Gasteiger partial charge in [-0.15, -0.1) is 0 Å². The van der Waals surface area contributed by atoms with Gasteiger partial charge in [0, 0.05) is 28.7 Å². The Balaban J connectivity index is 1.44. The van der Waals surface area contributed by atoms with Gasteiger partial charge >= 0.3 is 0 Å². The second kappa shape index (κ2) is 10.3. The van der Waals surface area contributed by atoms with Crippen LogP contribution in [0, 0.1) is 0 Å². The third kappa shape index (κ3) is 5.05. The van der Waals surface area contributed by atoms with E-state index < -0.39 is 0 Å². The van der Waals surface area contributed by atoms with Crippen LogP contribution in [0.2, 0.25) is 0 Å². The number of para-hydroxylation sites is 1. The summed E-state index contributed by atoms with van der Waals surface area (Å²) in [5.74, 6) is 1.07. The van der Waals surface area contributed by atoms with Gasteiger partial charge in [0.2, 0.25) is 5.95 Å². The van der Waals surface area contributed by atoms with Gasteiger partial charge in [-0.3, -0.25) is 9.89 Å². The summed E-state index contributed by atoms with van der Waals surface area (Å²) in [6, 6.07) is 9.75. The first-order valence-electron chi connectivity index (χ1n) is 12.3. The minimum atomic E-state index is -0.120. The standard InChI is InChI=1S/C26H31N7O2/c1-3-17(4-2)30-25(34)20-12-18(13-22-21(20)15-29-33-22)31-26-28-14-16-6-5-7-23(24(16)32-26)35-19-8-10-27-11-9-19/h5-7,12-15,17,19,27H,3-4,8-11H2,1-2H3,(H,29,33)(H,30,34)(H,28,31,32). The van der Waals surface area contributed by atoms with Crippen LogP contribution in [0.1, 0.15) is 49.9 Å². The van der Waals surface area contributed by atoms with Gasteiger partial charge in [-0.1, -0.05) is 26.0 Å². The maximum absolute atomic E-state index is 13.1. The van der Waals surface area contributed by atoms with Crippen LogP contribution in [0.5, 0.6) is 5.75 Å². The van der Waals surface area contributed by atoms with E-state index in [1.807, 2.05) is 30.3 Å². The zero-order valence-corrected chi connectivity index (χ0v) is 20.1. The van der Waals surface area contributed by atoms with Crippen molar-refractivity contribution in [1.82, 2.24) is 30.8 Å². The lowest BCUT2D eigenvalue weighted by atomic mass is 10.1. The molecule has 1 amide bonds. The molecule has 9 heteroatoms. The number of nitrogens with one attached hydrogen (secondary N) is 4. The molecule has 1 fully saturated rings. The SMILES string of the molecule is CCC(CC)NC(=O)c1cc(Nc2ncc3cccc(OC4CCNCC4)c3n2)cc2[nH]ncc12. The molecular weight excluding hydrogens is 442 g/mol. The summed E-state index contributed by atoms with van der Waals surface area (Å²) in [6.45, 7) is 6.06. The molecule has 1 saturated heterocycles. The third-order valence-corrected chi connectivity index (χ3v) is 6.53. The largest absolute Gasteiger partial charge is 0.488 e. The zero-order chi connectivity index (χ0) is 24.2. The van der Waals surface area contributed by atoms with E-state index in [-0.39, 0.29) is 18.1 Å². The van der Waals surface area contributed by atoms with Gasteiger partial charge in [0.15, 0.2) is 0 Å². The molecule has 3 heterocycles. The van der Waals surface area contributed by atoms with E-state index in [1.165, 1.54) is 0 Å². The molecule has 4 aromatic rings. The fourth-order valence-electron chi connectivity index (χ4n) is 4.47. The van der Waals surface area contributed by atoms with Gasteiger partial charge in [0.1, 0.15) is 17.4 Å². The summed E-state index contributed by atoms with van der Waals surface area (Å²) in [6.07, 6.45) is 7.33. The molecule has 0 spiro atoms. The molecule has 2 aromatic carbocycles. The predicted octanol–water partition coefficient (Wildman–Crippen LogP) is 4.30. The summed E-state index contributed by atoms with van der Waals surface area (Å²) in [4.78, 5) is 22.3. The predicted molar refractivity (Wildman–Crippen MR) is 137 cm³/mol. The first-order valence-corrected chi connectivity index (χ1v) is 12.3. The van der Waals surface area contributed by atoms with Gasteiger partial charge in [-0.2, -0.15) is 5.10 Å². The number of carbonyl (C=O) groups excluding carboxylic acids is 1. The number of amides is 1. The molecule has 2 aromatic heterocycles. The molecule has 182 valence electrons. The van der Waals surface area contributed by atoms with E-state index in [1.54, 1.807) is 12.4 Å². The Hall–Kier alpha value is -3.72. The van der Waals surface area contributed by atoms with Crippen LogP contribution in [0.25, 0.3) is 21.8 Å². The number of nitrogens with zero attached hydrogens (tertiary/aromatic N) is 3. The number of hydrogen-bond acceptors (Lipinski definition) is 7. The highest BCUT2D eigenvalue weighted by molar-refractivity contribution is 6.07. The molecule has 5 rings (SSSR count). The zero-order valence-electron chi connectivity index (χ0n) is 20.1.